The molecule has 0 saturated carbocycles. The van der Waals surface area contributed by atoms with Gasteiger partial charge in [0.25, 0.3) is 7.37 Å². The number of rotatable bonds is 9. The average Bonchev–Trinajstić information content (AvgIpc) is 3.26. The van der Waals surface area contributed by atoms with Crippen molar-refractivity contribution in [1.82, 2.24) is 0 Å². The molecule has 6 aromatic carbocycles. The fourth-order valence-electron chi connectivity index (χ4n) is 7.76. The van der Waals surface area contributed by atoms with Crippen LogP contribution in [-0.4, -0.2) is 42.3 Å². The number of phenolic OH excluding ortho intramolecular Hbond substituents is 2. The minimum atomic E-state index is -4.14. The minimum Gasteiger partial charge on any atom is -0.508 e. The zero-order valence-electron chi connectivity index (χ0n) is 32.7. The normalized spacial score (nSPS) is 25.9. The predicted octanol–water partition coefficient (Wildman–Crippen LogP) is 10.8. The number of phosphoric ester groups is 1. The van der Waals surface area contributed by atoms with Crippen molar-refractivity contribution in [2.75, 3.05) is 26.4 Å². The second kappa shape index (κ2) is 15.7. The van der Waals surface area contributed by atoms with Gasteiger partial charge in [0, 0.05) is 11.1 Å². The van der Waals surface area contributed by atoms with Gasteiger partial charge >= 0.3 is 15.4 Å². The minimum absolute atomic E-state index is 0.0298. The highest BCUT2D eigenvalue weighted by atomic mass is 31.2. The van der Waals surface area contributed by atoms with Crippen LogP contribution in [0.3, 0.4) is 0 Å². The fourth-order valence-corrected chi connectivity index (χ4v) is 16.6. The van der Waals surface area contributed by atoms with Crippen LogP contribution >= 0.6 is 31.4 Å². The van der Waals surface area contributed by atoms with Crippen LogP contribution < -0.4 is 19.7 Å². The van der Waals surface area contributed by atoms with E-state index in [0.717, 1.165) is 22.0 Å². The standard InChI is InChI=1S/C45H42O11P4/c1-31(2)59(49)51-27-44(28-52-59)29-53-60(50,54-30-44)55-35-25-21-33(22-26-35)45(32-19-23-34(46)24-20-32,57-42-17-9-5-13-38(42)36-11-3-7-15-40(36)47)58(48)43-18-10-6-14-39(43)37-12-4-8-16-41(37)56-58/h3-26,31,46-47,57H,27-30H2,1-2H3. The molecule has 6 aromatic rings. The van der Waals surface area contributed by atoms with Crippen molar-refractivity contribution < 1.29 is 51.1 Å². The lowest BCUT2D eigenvalue weighted by Crippen LogP contribution is -2.46. The van der Waals surface area contributed by atoms with E-state index in [4.69, 9.17) is 27.1 Å². The summed E-state index contributed by atoms with van der Waals surface area (Å²) in [7, 11) is -11.8. The first kappa shape index (κ1) is 40.9. The number of phosphoric acid groups is 1. The van der Waals surface area contributed by atoms with Crippen LogP contribution in [0.2, 0.25) is 0 Å². The van der Waals surface area contributed by atoms with Gasteiger partial charge < -0.3 is 28.3 Å². The molecule has 3 unspecified atom stereocenters. The molecule has 0 aliphatic carbocycles. The van der Waals surface area contributed by atoms with E-state index in [2.05, 4.69) is 0 Å². The van der Waals surface area contributed by atoms with Gasteiger partial charge in [-0.25, -0.2) is 4.57 Å². The van der Waals surface area contributed by atoms with E-state index in [1.807, 2.05) is 84.9 Å². The van der Waals surface area contributed by atoms with E-state index < -0.39 is 33.1 Å². The molecule has 0 amide bonds. The maximum Gasteiger partial charge on any atom is 0.530 e. The summed E-state index contributed by atoms with van der Waals surface area (Å²) in [5.74, 6) is 0.759. The number of fused-ring (bicyclic) bond motifs is 3. The van der Waals surface area contributed by atoms with Crippen LogP contribution in [0.4, 0.5) is 0 Å². The van der Waals surface area contributed by atoms with E-state index in [-0.39, 0.29) is 57.9 Å². The van der Waals surface area contributed by atoms with E-state index in [1.165, 1.54) is 0 Å². The van der Waals surface area contributed by atoms with Crippen LogP contribution in [-0.2, 0) is 36.7 Å². The van der Waals surface area contributed by atoms with Gasteiger partial charge in [0.15, 0.2) is 0 Å². The molecule has 3 aliphatic heterocycles. The SMILES string of the molecule is CC(C)P1(=O)OCC2(COP(=O)(Oc3ccc(C(Pc4ccccc4-c4ccccc4O)(c4ccc(O)cc4)P4(=O)Oc5ccccc5-c5ccccc54)cc3)OC2)CO1. The molecule has 0 radical (unpaired) electrons. The highest BCUT2D eigenvalue weighted by molar-refractivity contribution is 7.79. The van der Waals surface area contributed by atoms with Crippen molar-refractivity contribution >= 4 is 42.0 Å². The van der Waals surface area contributed by atoms with E-state index >= 15 is 4.57 Å². The van der Waals surface area contributed by atoms with E-state index in [9.17, 15) is 19.3 Å². The summed E-state index contributed by atoms with van der Waals surface area (Å²) < 4.78 is 79.3. The number of aromatic hydroxyl groups is 2. The summed E-state index contributed by atoms with van der Waals surface area (Å²) in [6.07, 6.45) is 0. The lowest BCUT2D eigenvalue weighted by molar-refractivity contribution is -0.0782. The summed E-state index contributed by atoms with van der Waals surface area (Å²) >= 11 is 0. The Morgan fingerprint density at radius 3 is 1.80 bits per heavy atom. The van der Waals surface area contributed by atoms with Crippen molar-refractivity contribution in [2.24, 2.45) is 5.41 Å². The van der Waals surface area contributed by atoms with Crippen LogP contribution in [0, 0.1) is 5.41 Å². The van der Waals surface area contributed by atoms with Gasteiger partial charge in [-0.3, -0.25) is 18.2 Å². The molecule has 2 fully saturated rings. The van der Waals surface area contributed by atoms with Crippen molar-refractivity contribution in [1.29, 1.82) is 0 Å². The third-order valence-corrected chi connectivity index (χ3v) is 20.4. The maximum absolute atomic E-state index is 16.8. The number of phenols is 2. The lowest BCUT2D eigenvalue weighted by atomic mass is 9.93. The van der Waals surface area contributed by atoms with Crippen molar-refractivity contribution in [3.63, 3.8) is 0 Å². The molecule has 3 atom stereocenters. The molecule has 3 aliphatic rings. The first-order valence-electron chi connectivity index (χ1n) is 19.4. The predicted molar refractivity (Wildman–Crippen MR) is 234 cm³/mol. The molecule has 15 heteroatoms. The molecular weight excluding hydrogens is 840 g/mol. The molecular formula is C45H42O11P4. The van der Waals surface area contributed by atoms with Crippen molar-refractivity contribution in [2.45, 2.75) is 24.4 Å². The molecule has 11 nitrogen and oxygen atoms in total. The van der Waals surface area contributed by atoms with Crippen LogP contribution in [0.1, 0.15) is 25.0 Å². The maximum atomic E-state index is 16.8. The third-order valence-electron chi connectivity index (χ3n) is 11.1. The van der Waals surface area contributed by atoms with Gasteiger partial charge in [0.05, 0.1) is 42.8 Å². The summed E-state index contributed by atoms with van der Waals surface area (Å²) in [4.78, 5) is -1.46. The quantitative estimate of drug-likeness (QED) is 0.134. The van der Waals surface area contributed by atoms with E-state index in [1.54, 1.807) is 74.5 Å². The molecule has 0 aromatic heterocycles. The molecule has 2 N–H and O–H groups in total. The van der Waals surface area contributed by atoms with Crippen LogP contribution in [0.15, 0.2) is 146 Å². The second-order valence-electron chi connectivity index (χ2n) is 15.4. The Morgan fingerprint density at radius 2 is 1.15 bits per heavy atom. The summed E-state index contributed by atoms with van der Waals surface area (Å²) in [6.45, 7) is 3.51. The largest absolute Gasteiger partial charge is 0.530 e. The summed E-state index contributed by atoms with van der Waals surface area (Å²) in [5, 5.41) is 23.0. The zero-order chi connectivity index (χ0) is 41.8. The van der Waals surface area contributed by atoms with Crippen molar-refractivity contribution in [3.05, 3.63) is 157 Å². The molecule has 9 rings (SSSR count). The molecule has 2 saturated heterocycles. The molecule has 60 heavy (non-hydrogen) atoms. The Bertz CT molecular complexity index is 2700. The Balaban J connectivity index is 1.16. The van der Waals surface area contributed by atoms with Crippen LogP contribution in [0.25, 0.3) is 22.3 Å². The first-order valence-corrected chi connectivity index (χ1v) is 25.1. The number of hydrogen-bond donors (Lipinski definition) is 2. The zero-order valence-corrected chi connectivity index (χ0v) is 36.4. The van der Waals surface area contributed by atoms with Gasteiger partial charge in [0.1, 0.15) is 27.9 Å². The Labute approximate surface area is 350 Å². The first-order chi connectivity index (χ1) is 28.9. The summed E-state index contributed by atoms with van der Waals surface area (Å²) in [6, 6.07) is 43.3. The highest BCUT2D eigenvalue weighted by Gasteiger charge is 2.57. The Hall–Kier alpha value is -4.52. The fraction of sp³-hybridized carbons (Fsp3) is 0.200. The number of para-hydroxylation sites is 2. The summed E-state index contributed by atoms with van der Waals surface area (Å²) in [5.41, 5.74) is 3.00. The molecule has 3 heterocycles. The van der Waals surface area contributed by atoms with Gasteiger partial charge in [0.2, 0.25) is 0 Å². The van der Waals surface area contributed by atoms with Gasteiger partial charge in [-0.15, -0.1) is 0 Å². The Morgan fingerprint density at radius 1 is 0.617 bits per heavy atom. The lowest BCUT2D eigenvalue weighted by Gasteiger charge is -2.44. The number of benzene rings is 6. The smallest absolute Gasteiger partial charge is 0.508 e. The number of hydrogen-bond acceptors (Lipinski definition) is 11. The Kier molecular flexibility index (Phi) is 10.7. The van der Waals surface area contributed by atoms with E-state index in [0.29, 0.717) is 27.7 Å². The average molecular weight is 883 g/mol. The monoisotopic (exact) mass is 882 g/mol. The van der Waals surface area contributed by atoms with Gasteiger partial charge in [-0.2, -0.15) is 0 Å². The topological polar surface area (TPSA) is 147 Å². The van der Waals surface area contributed by atoms with Gasteiger partial charge in [-0.05, 0) is 70.0 Å². The van der Waals surface area contributed by atoms with Crippen LogP contribution in [0.5, 0.6) is 23.0 Å². The van der Waals surface area contributed by atoms with Crippen molar-refractivity contribution in [3.8, 4) is 45.3 Å². The van der Waals surface area contributed by atoms with Gasteiger partial charge in [-0.1, -0.05) is 126 Å². The third kappa shape index (κ3) is 7.15. The second-order valence-corrected chi connectivity index (χ2v) is 24.0. The molecule has 0 bridgehead atoms. The highest BCUT2D eigenvalue weighted by Crippen LogP contribution is 2.75. The molecule has 308 valence electrons. The molecule has 1 spiro atoms.